The Morgan fingerprint density at radius 3 is 1.89 bits per heavy atom. The van der Waals surface area contributed by atoms with Crippen LogP contribution in [0.25, 0.3) is 21.8 Å². The Hall–Kier alpha value is -2.07. The van der Waals surface area contributed by atoms with Gasteiger partial charge in [0.15, 0.2) is 5.02 Å². The van der Waals surface area contributed by atoms with Gasteiger partial charge in [0.25, 0.3) is 5.43 Å². The maximum absolute atomic E-state index is 13.1. The lowest BCUT2D eigenvalue weighted by Crippen LogP contribution is -2.12. The first kappa shape index (κ1) is 31.1. The second-order valence-corrected chi connectivity index (χ2v) is 14.9. The molecule has 0 spiro atoms. The highest BCUT2D eigenvalue weighted by Gasteiger charge is 2.20. The van der Waals surface area contributed by atoms with Crippen molar-refractivity contribution >= 4 is 116 Å². The van der Waals surface area contributed by atoms with Crippen LogP contribution in [0.2, 0.25) is 5.02 Å². The Bertz CT molecular complexity index is 1650. The van der Waals surface area contributed by atoms with Crippen LogP contribution in [-0.2, 0) is 4.57 Å². The summed E-state index contributed by atoms with van der Waals surface area (Å²) in [5.41, 5.74) is -0.577. The topological polar surface area (TPSA) is 175 Å². The van der Waals surface area contributed by atoms with E-state index in [0.717, 1.165) is 12.1 Å². The Balaban J connectivity index is 0.000000221. The molecule has 0 saturated heterocycles. The van der Waals surface area contributed by atoms with E-state index in [9.17, 15) is 38.4 Å². The van der Waals surface area contributed by atoms with E-state index in [4.69, 9.17) is 11.6 Å². The van der Waals surface area contributed by atoms with Gasteiger partial charge >= 0.3 is 16.8 Å². The summed E-state index contributed by atoms with van der Waals surface area (Å²) in [4.78, 5) is 30.9. The number of aromatic nitrogens is 4. The number of aromatic amines is 1. The van der Waals surface area contributed by atoms with Gasteiger partial charge in [-0.05, 0) is 92.7 Å². The smallest absolute Gasteiger partial charge is 0.358 e. The molecule has 0 amide bonds. The fourth-order valence-corrected chi connectivity index (χ4v) is 3.36. The molecule has 2 aromatic carbocycles. The third-order valence-corrected chi connectivity index (χ3v) is 5.45. The third kappa shape index (κ3) is 8.46. The van der Waals surface area contributed by atoms with Crippen molar-refractivity contribution in [2.75, 3.05) is 0 Å². The van der Waals surface area contributed by atoms with Crippen molar-refractivity contribution < 1.29 is 23.2 Å². The standard InChI is InChI=1S/C8H2BrClFN3O2.C8H3BrFN3O3.Cl3OP/c9-4-1-3-6(2-5(4)11)12-13-8(7(3)10)14(15)16;9-4-1-3-6(2-5(4)10)11-12-8(7(3)14)13(15)16;1-5(2,3)4/h1-2H;1-2H,(H,11,14);. The zero-order valence-electron chi connectivity index (χ0n) is 17.0. The lowest BCUT2D eigenvalue weighted by atomic mass is 10.2. The SMILES string of the molecule is O=P(Cl)(Cl)Cl.O=[N+]([O-])c1nnc2cc(F)c(Br)cc2c1Cl.O=c1c([N+](=O)[O-])n[nH]c2cc(F)c(Br)cc12. The highest BCUT2D eigenvalue weighted by molar-refractivity contribution is 9.10. The van der Waals surface area contributed by atoms with E-state index >= 15 is 0 Å². The van der Waals surface area contributed by atoms with Gasteiger partial charge < -0.3 is 20.2 Å². The van der Waals surface area contributed by atoms with Crippen molar-refractivity contribution in [1.82, 2.24) is 20.4 Å². The molecular formula is C16H5Br2Cl4F2N6O6P. The molecule has 37 heavy (non-hydrogen) atoms. The minimum atomic E-state index is -3.22. The molecule has 2 heterocycles. The molecule has 0 fully saturated rings. The molecule has 0 bridgehead atoms. The minimum Gasteiger partial charge on any atom is -0.358 e. The van der Waals surface area contributed by atoms with Gasteiger partial charge in [-0.2, -0.15) is 5.10 Å². The maximum atomic E-state index is 13.1. The molecule has 21 heteroatoms. The summed E-state index contributed by atoms with van der Waals surface area (Å²) in [6.45, 7) is 0. The highest BCUT2D eigenvalue weighted by atomic mass is 79.9. The summed E-state index contributed by atoms with van der Waals surface area (Å²) in [6, 6.07) is 4.65. The first-order valence-electron chi connectivity index (χ1n) is 8.67. The molecule has 0 aliphatic rings. The summed E-state index contributed by atoms with van der Waals surface area (Å²) >= 11 is 25.5. The van der Waals surface area contributed by atoms with Crippen LogP contribution in [0.4, 0.5) is 20.4 Å². The first-order chi connectivity index (χ1) is 17.0. The predicted octanol–water partition coefficient (Wildman–Crippen LogP) is 7.64. The van der Waals surface area contributed by atoms with Gasteiger partial charge in [0, 0.05) is 17.5 Å². The fourth-order valence-electron chi connectivity index (χ4n) is 2.41. The Morgan fingerprint density at radius 2 is 1.38 bits per heavy atom. The van der Waals surface area contributed by atoms with E-state index in [1.165, 1.54) is 12.1 Å². The molecular weight excluding hydrogens is 743 g/mol. The largest absolute Gasteiger partial charge is 0.436 e. The molecule has 196 valence electrons. The quantitative estimate of drug-likeness (QED) is 0.123. The lowest BCUT2D eigenvalue weighted by Gasteiger charge is -2.00. The number of H-pyrrole nitrogens is 1. The zero-order chi connectivity index (χ0) is 28.2. The summed E-state index contributed by atoms with van der Waals surface area (Å²) in [5, 5.41) is 30.3. The van der Waals surface area contributed by atoms with E-state index in [2.05, 4.69) is 86.0 Å². The first-order valence-corrected chi connectivity index (χ1v) is 15.1. The van der Waals surface area contributed by atoms with Crippen molar-refractivity contribution in [3.63, 3.8) is 0 Å². The molecule has 0 radical (unpaired) electrons. The predicted molar refractivity (Wildman–Crippen MR) is 141 cm³/mol. The monoisotopic (exact) mass is 744 g/mol. The Morgan fingerprint density at radius 1 is 0.892 bits per heavy atom. The average molecular weight is 748 g/mol. The maximum Gasteiger partial charge on any atom is 0.436 e. The van der Waals surface area contributed by atoms with E-state index < -0.39 is 43.7 Å². The van der Waals surface area contributed by atoms with Crippen LogP contribution in [-0.4, -0.2) is 30.2 Å². The third-order valence-electron chi connectivity index (χ3n) is 3.86. The van der Waals surface area contributed by atoms with Gasteiger partial charge in [-0.15, -0.1) is 0 Å². The number of rotatable bonds is 2. The number of hydrogen-bond donors (Lipinski definition) is 1. The van der Waals surface area contributed by atoms with E-state index in [1.807, 2.05) is 0 Å². The second kappa shape index (κ2) is 12.7. The Labute approximate surface area is 238 Å². The molecule has 4 rings (SSSR count). The summed E-state index contributed by atoms with van der Waals surface area (Å²) < 4.78 is 36.0. The number of hydrogen-bond acceptors (Lipinski definition) is 9. The number of nitrogens with one attached hydrogen (secondary N) is 1. The highest BCUT2D eigenvalue weighted by Crippen LogP contribution is 2.61. The average Bonchev–Trinajstić information content (AvgIpc) is 2.76. The number of nitro groups is 2. The van der Waals surface area contributed by atoms with Gasteiger partial charge in [0.1, 0.15) is 17.2 Å². The summed E-state index contributed by atoms with van der Waals surface area (Å²) in [5.74, 6) is -2.48. The van der Waals surface area contributed by atoms with Gasteiger partial charge in [-0.25, -0.2) is 8.78 Å². The molecule has 4 aromatic rings. The Kier molecular flexibility index (Phi) is 10.7. The summed E-state index contributed by atoms with van der Waals surface area (Å²) in [7, 11) is 0. The van der Waals surface area contributed by atoms with Crippen LogP contribution in [0.1, 0.15) is 0 Å². The van der Waals surface area contributed by atoms with Gasteiger partial charge in [-0.1, -0.05) is 11.6 Å². The summed E-state index contributed by atoms with van der Waals surface area (Å²) in [6.07, 6.45) is 0. The molecule has 0 aliphatic carbocycles. The zero-order valence-corrected chi connectivity index (χ0v) is 24.1. The fraction of sp³-hybridized carbons (Fsp3) is 0. The molecule has 1 N–H and O–H groups in total. The van der Waals surface area contributed by atoms with E-state index in [1.54, 1.807) is 0 Å². The van der Waals surface area contributed by atoms with E-state index in [0.29, 0.717) is 0 Å². The van der Waals surface area contributed by atoms with Crippen LogP contribution >= 0.6 is 82.4 Å². The number of fused-ring (bicyclic) bond motifs is 2. The molecule has 0 atom stereocenters. The van der Waals surface area contributed by atoms with Crippen molar-refractivity contribution in [3.8, 4) is 0 Å². The van der Waals surface area contributed by atoms with Crippen LogP contribution in [0.3, 0.4) is 0 Å². The second-order valence-electron chi connectivity index (χ2n) is 6.22. The number of nitrogens with zero attached hydrogens (tertiary/aromatic N) is 5. The number of benzene rings is 2. The number of halogens is 8. The van der Waals surface area contributed by atoms with Crippen LogP contribution in [0.15, 0.2) is 38.0 Å². The van der Waals surface area contributed by atoms with Crippen LogP contribution in [0.5, 0.6) is 0 Å². The van der Waals surface area contributed by atoms with Gasteiger partial charge in [-0.3, -0.25) is 9.36 Å². The van der Waals surface area contributed by atoms with Crippen molar-refractivity contribution in [2.24, 2.45) is 0 Å². The van der Waals surface area contributed by atoms with Crippen molar-refractivity contribution in [2.45, 2.75) is 0 Å². The van der Waals surface area contributed by atoms with Crippen molar-refractivity contribution in [1.29, 1.82) is 0 Å². The van der Waals surface area contributed by atoms with Crippen molar-refractivity contribution in [3.05, 3.63) is 80.3 Å². The van der Waals surface area contributed by atoms with E-state index in [-0.39, 0.29) is 35.8 Å². The molecule has 0 saturated carbocycles. The van der Waals surface area contributed by atoms with Crippen LogP contribution < -0.4 is 5.43 Å². The van der Waals surface area contributed by atoms with Crippen LogP contribution in [0, 0.1) is 31.9 Å². The molecule has 0 aliphatic heterocycles. The van der Waals surface area contributed by atoms with Gasteiger partial charge in [0.05, 0.1) is 30.0 Å². The van der Waals surface area contributed by atoms with Gasteiger partial charge in [0.2, 0.25) is 0 Å². The normalized spacial score (nSPS) is 10.8. The molecule has 2 aromatic heterocycles. The lowest BCUT2D eigenvalue weighted by molar-refractivity contribution is -0.391. The molecule has 12 nitrogen and oxygen atoms in total. The molecule has 0 unspecified atom stereocenters. The minimum absolute atomic E-state index is 0.00924.